The first-order valence-electron chi connectivity index (χ1n) is 12.7. The van der Waals surface area contributed by atoms with E-state index in [9.17, 15) is 0 Å². The molecule has 0 bridgehead atoms. The highest BCUT2D eigenvalue weighted by atomic mass is 79.9. The SMILES string of the molecule is BrCc1ccccc1.[Br-].c1cc(-c2ccncc2)ccn1.c1ccc(C[n+]2ccc(-c3ccncc3)cc2)cc1. The molecule has 40 heavy (non-hydrogen) atoms. The van der Waals surface area contributed by atoms with Crippen LogP contribution in [0.4, 0.5) is 0 Å². The van der Waals surface area contributed by atoms with E-state index in [-0.39, 0.29) is 17.0 Å². The van der Waals surface area contributed by atoms with Crippen LogP contribution in [0.25, 0.3) is 22.3 Å². The molecule has 0 aliphatic rings. The van der Waals surface area contributed by atoms with Crippen molar-refractivity contribution in [2.75, 3.05) is 0 Å². The second kappa shape index (κ2) is 17.6. The summed E-state index contributed by atoms with van der Waals surface area (Å²) in [5.41, 5.74) is 7.39. The lowest BCUT2D eigenvalue weighted by atomic mass is 10.1. The van der Waals surface area contributed by atoms with Gasteiger partial charge in [-0.15, -0.1) is 0 Å². The van der Waals surface area contributed by atoms with Crippen molar-refractivity contribution in [3.05, 3.63) is 170 Å². The summed E-state index contributed by atoms with van der Waals surface area (Å²) < 4.78 is 2.18. The molecule has 2 aromatic carbocycles. The quantitative estimate of drug-likeness (QED) is 0.198. The number of pyridine rings is 4. The Kier molecular flexibility index (Phi) is 13.4. The van der Waals surface area contributed by atoms with Gasteiger partial charge in [-0.05, 0) is 64.2 Å². The van der Waals surface area contributed by atoms with Gasteiger partial charge in [-0.25, -0.2) is 4.57 Å². The molecule has 0 saturated heterocycles. The average Bonchev–Trinajstić information content (AvgIpc) is 3.04. The van der Waals surface area contributed by atoms with Crippen LogP contribution in [0.3, 0.4) is 0 Å². The zero-order chi connectivity index (χ0) is 27.0. The van der Waals surface area contributed by atoms with Crippen LogP contribution in [-0.2, 0) is 11.9 Å². The first-order chi connectivity index (χ1) is 19.3. The number of hydrogen-bond donors (Lipinski definition) is 0. The third kappa shape index (κ3) is 10.3. The lowest BCUT2D eigenvalue weighted by Gasteiger charge is -2.01. The molecule has 0 atom stereocenters. The van der Waals surface area contributed by atoms with Gasteiger partial charge in [0.05, 0.1) is 0 Å². The van der Waals surface area contributed by atoms with Gasteiger partial charge < -0.3 is 17.0 Å². The van der Waals surface area contributed by atoms with E-state index in [1.165, 1.54) is 33.4 Å². The molecule has 200 valence electrons. The standard InChI is InChI=1S/C17H15N2.C10H8N2.C7H7Br.BrH/c1-2-4-15(5-3-1)14-19-12-8-17(9-13-19)16-6-10-18-11-7-16;1-5-11-6-2-9(1)10-3-7-12-8-4-10;8-6-7-4-2-1-3-5-7;/h1-13H,14H2;1-8H;1-5H,6H2;1H/q+1;;;/p-1. The van der Waals surface area contributed by atoms with Crippen molar-refractivity contribution >= 4 is 15.9 Å². The summed E-state index contributed by atoms with van der Waals surface area (Å²) in [6.07, 6.45) is 15.0. The fourth-order valence-corrected chi connectivity index (χ4v) is 4.12. The van der Waals surface area contributed by atoms with Crippen molar-refractivity contribution in [3.8, 4) is 22.3 Å². The number of halogens is 2. The smallest absolute Gasteiger partial charge is 0.173 e. The molecular formula is C34H30Br2N4. The molecule has 0 fully saturated rings. The molecule has 0 amide bonds. The van der Waals surface area contributed by atoms with Crippen LogP contribution >= 0.6 is 15.9 Å². The molecule has 0 spiro atoms. The van der Waals surface area contributed by atoms with Gasteiger partial charge in [-0.1, -0.05) is 76.6 Å². The van der Waals surface area contributed by atoms with Gasteiger partial charge in [0.15, 0.2) is 18.9 Å². The maximum Gasteiger partial charge on any atom is 0.173 e. The van der Waals surface area contributed by atoms with E-state index in [1.807, 2.05) is 73.1 Å². The second-order valence-electron chi connectivity index (χ2n) is 8.57. The van der Waals surface area contributed by atoms with Crippen LogP contribution in [0, 0.1) is 0 Å². The highest BCUT2D eigenvalue weighted by Crippen LogP contribution is 2.16. The topological polar surface area (TPSA) is 42.5 Å². The Morgan fingerprint density at radius 2 is 0.800 bits per heavy atom. The van der Waals surface area contributed by atoms with Gasteiger partial charge in [0.1, 0.15) is 0 Å². The van der Waals surface area contributed by atoms with Gasteiger partial charge in [-0.2, -0.15) is 0 Å². The first kappa shape index (κ1) is 30.5. The Labute approximate surface area is 255 Å². The number of hydrogen-bond acceptors (Lipinski definition) is 3. The lowest BCUT2D eigenvalue weighted by molar-refractivity contribution is -0.688. The largest absolute Gasteiger partial charge is 1.00 e. The molecule has 6 aromatic rings. The van der Waals surface area contributed by atoms with Crippen molar-refractivity contribution in [3.63, 3.8) is 0 Å². The van der Waals surface area contributed by atoms with Crippen LogP contribution in [-0.4, -0.2) is 15.0 Å². The molecule has 4 nitrogen and oxygen atoms in total. The van der Waals surface area contributed by atoms with Gasteiger partial charge in [0, 0.05) is 60.2 Å². The summed E-state index contributed by atoms with van der Waals surface area (Å²) in [6.45, 7) is 0.900. The summed E-state index contributed by atoms with van der Waals surface area (Å²) in [5, 5.41) is 0.952. The zero-order valence-electron chi connectivity index (χ0n) is 22.0. The minimum Gasteiger partial charge on any atom is -1.00 e. The molecule has 0 aliphatic heterocycles. The van der Waals surface area contributed by atoms with E-state index >= 15 is 0 Å². The van der Waals surface area contributed by atoms with E-state index in [0.29, 0.717) is 0 Å². The molecule has 0 aliphatic carbocycles. The second-order valence-corrected chi connectivity index (χ2v) is 9.13. The van der Waals surface area contributed by atoms with E-state index in [4.69, 9.17) is 0 Å². The highest BCUT2D eigenvalue weighted by molar-refractivity contribution is 9.08. The van der Waals surface area contributed by atoms with E-state index in [0.717, 1.165) is 11.9 Å². The van der Waals surface area contributed by atoms with Crippen LogP contribution in [0.5, 0.6) is 0 Å². The zero-order valence-corrected chi connectivity index (χ0v) is 25.1. The summed E-state index contributed by atoms with van der Waals surface area (Å²) in [7, 11) is 0. The number of alkyl halides is 1. The first-order valence-corrected chi connectivity index (χ1v) is 13.8. The van der Waals surface area contributed by atoms with Crippen molar-refractivity contribution in [2.24, 2.45) is 0 Å². The Balaban J connectivity index is 0.000000180. The third-order valence-electron chi connectivity index (χ3n) is 5.80. The van der Waals surface area contributed by atoms with Crippen molar-refractivity contribution in [2.45, 2.75) is 11.9 Å². The normalized spacial score (nSPS) is 9.62. The maximum atomic E-state index is 4.04. The Morgan fingerprint density at radius 1 is 0.450 bits per heavy atom. The molecule has 4 aromatic heterocycles. The minimum atomic E-state index is 0. The number of rotatable bonds is 5. The van der Waals surface area contributed by atoms with Gasteiger partial charge in [0.25, 0.3) is 0 Å². The van der Waals surface area contributed by atoms with Crippen LogP contribution in [0.1, 0.15) is 11.1 Å². The Morgan fingerprint density at radius 3 is 1.15 bits per heavy atom. The van der Waals surface area contributed by atoms with Gasteiger partial charge in [0.2, 0.25) is 0 Å². The fraction of sp³-hybridized carbons (Fsp3) is 0.0588. The molecular weight excluding hydrogens is 624 g/mol. The Hall–Kier alpha value is -4.00. The van der Waals surface area contributed by atoms with Gasteiger partial charge >= 0.3 is 0 Å². The van der Waals surface area contributed by atoms with E-state index in [1.54, 1.807) is 24.8 Å². The predicted octanol–water partition coefficient (Wildman–Crippen LogP) is 4.81. The van der Waals surface area contributed by atoms with Crippen molar-refractivity contribution in [1.29, 1.82) is 0 Å². The fourth-order valence-electron chi connectivity index (χ4n) is 3.75. The van der Waals surface area contributed by atoms with Crippen LogP contribution in [0.2, 0.25) is 0 Å². The average molecular weight is 654 g/mol. The molecule has 0 N–H and O–H groups in total. The molecule has 0 saturated carbocycles. The molecule has 6 rings (SSSR count). The summed E-state index contributed by atoms with van der Waals surface area (Å²) in [4.78, 5) is 11.9. The van der Waals surface area contributed by atoms with E-state index < -0.39 is 0 Å². The summed E-state index contributed by atoms with van der Waals surface area (Å²) in [6, 6.07) is 37.0. The number of nitrogens with zero attached hydrogens (tertiary/aromatic N) is 4. The molecule has 6 heteroatoms. The Bertz CT molecular complexity index is 1430. The summed E-state index contributed by atoms with van der Waals surface area (Å²) >= 11 is 3.36. The minimum absolute atomic E-state index is 0. The number of aromatic nitrogens is 4. The lowest BCUT2D eigenvalue weighted by Crippen LogP contribution is -3.00. The van der Waals surface area contributed by atoms with Crippen molar-refractivity contribution < 1.29 is 21.5 Å². The predicted molar refractivity (Wildman–Crippen MR) is 162 cm³/mol. The third-order valence-corrected chi connectivity index (χ3v) is 6.45. The van der Waals surface area contributed by atoms with Crippen LogP contribution in [0.15, 0.2) is 159 Å². The molecule has 0 radical (unpaired) electrons. The molecule has 0 unspecified atom stereocenters. The maximum absolute atomic E-state index is 4.04. The molecule has 4 heterocycles. The van der Waals surface area contributed by atoms with Gasteiger partial charge in [-0.3, -0.25) is 15.0 Å². The summed E-state index contributed by atoms with van der Waals surface area (Å²) in [5.74, 6) is 0. The monoisotopic (exact) mass is 652 g/mol. The highest BCUT2D eigenvalue weighted by Gasteiger charge is 2.03. The van der Waals surface area contributed by atoms with Crippen LogP contribution < -0.4 is 21.5 Å². The van der Waals surface area contributed by atoms with Crippen molar-refractivity contribution in [1.82, 2.24) is 15.0 Å². The number of benzene rings is 2. The van der Waals surface area contributed by atoms with E-state index in [2.05, 4.69) is 96.4 Å².